The predicted octanol–water partition coefficient (Wildman–Crippen LogP) is 1.35. The number of benzene rings is 1. The first-order valence-electron chi connectivity index (χ1n) is 4.45. The van der Waals surface area contributed by atoms with Crippen LogP contribution in [0.15, 0.2) is 29.2 Å². The van der Waals surface area contributed by atoms with Crippen molar-refractivity contribution in [1.29, 1.82) is 0 Å². The molecule has 0 bridgehead atoms. The fourth-order valence-corrected chi connectivity index (χ4v) is 1.77. The van der Waals surface area contributed by atoms with E-state index in [0.717, 1.165) is 16.1 Å². The van der Waals surface area contributed by atoms with Crippen molar-refractivity contribution in [1.82, 2.24) is 4.57 Å². The average molecular weight is 205 g/mol. The fraction of sp³-hybridized carbons (Fsp3) is 0.182. The van der Waals surface area contributed by atoms with Gasteiger partial charge >= 0.3 is 0 Å². The second kappa shape index (κ2) is 3.21. The van der Waals surface area contributed by atoms with E-state index in [1.807, 2.05) is 25.1 Å². The third-order valence-corrected chi connectivity index (χ3v) is 3.09. The summed E-state index contributed by atoms with van der Waals surface area (Å²) in [6, 6.07) is 5.94. The van der Waals surface area contributed by atoms with Crippen molar-refractivity contribution in [2.24, 2.45) is 7.05 Å². The molecule has 72 valence electrons. The van der Waals surface area contributed by atoms with E-state index in [1.54, 1.807) is 17.8 Å². The highest BCUT2D eigenvalue weighted by Gasteiger charge is 2.02. The number of rotatable bonds is 0. The lowest BCUT2D eigenvalue weighted by molar-refractivity contribution is 0.873. The molecule has 3 heteroatoms. The smallest absolute Gasteiger partial charge is 0.258 e. The van der Waals surface area contributed by atoms with Crippen LogP contribution in [0.4, 0.5) is 0 Å². The molecule has 1 aromatic heterocycles. The molecule has 0 saturated carbocycles. The van der Waals surface area contributed by atoms with E-state index in [9.17, 15) is 4.79 Å². The summed E-state index contributed by atoms with van der Waals surface area (Å²) < 4.78 is 1.60. The van der Waals surface area contributed by atoms with Crippen molar-refractivity contribution in [3.05, 3.63) is 40.3 Å². The number of pyridine rings is 1. The topological polar surface area (TPSA) is 22.0 Å². The highest BCUT2D eigenvalue weighted by Crippen LogP contribution is 2.11. The maximum Gasteiger partial charge on any atom is 0.258 e. The van der Waals surface area contributed by atoms with Crippen molar-refractivity contribution in [2.45, 2.75) is 6.92 Å². The summed E-state index contributed by atoms with van der Waals surface area (Å²) in [6.07, 6.45) is 1.80. The molecular formula is C11H12NOP. The monoisotopic (exact) mass is 205 g/mol. The minimum atomic E-state index is 0.0613. The SMILES string of the molecule is Cc1cc2ccn(C)c(=O)c2cc1P. The van der Waals surface area contributed by atoms with Crippen LogP contribution < -0.4 is 10.9 Å². The second-order valence-electron chi connectivity index (χ2n) is 3.53. The molecule has 2 rings (SSSR count). The van der Waals surface area contributed by atoms with Gasteiger partial charge in [-0.1, -0.05) is 6.07 Å². The van der Waals surface area contributed by atoms with Gasteiger partial charge in [0.2, 0.25) is 0 Å². The van der Waals surface area contributed by atoms with Gasteiger partial charge in [0.1, 0.15) is 0 Å². The van der Waals surface area contributed by atoms with Gasteiger partial charge in [-0.2, -0.15) is 0 Å². The fourth-order valence-electron chi connectivity index (χ4n) is 1.52. The summed E-state index contributed by atoms with van der Waals surface area (Å²) in [7, 11) is 4.42. The van der Waals surface area contributed by atoms with E-state index in [-0.39, 0.29) is 5.56 Å². The van der Waals surface area contributed by atoms with Crippen LogP contribution >= 0.6 is 9.24 Å². The van der Waals surface area contributed by atoms with Crippen LogP contribution in [0.5, 0.6) is 0 Å². The van der Waals surface area contributed by atoms with Crippen molar-refractivity contribution in [3.63, 3.8) is 0 Å². The zero-order chi connectivity index (χ0) is 10.3. The molecule has 1 aromatic carbocycles. The van der Waals surface area contributed by atoms with E-state index >= 15 is 0 Å². The molecule has 0 aliphatic carbocycles. The molecule has 0 aliphatic heterocycles. The lowest BCUT2D eigenvalue weighted by atomic mass is 10.1. The van der Waals surface area contributed by atoms with Crippen LogP contribution in [-0.4, -0.2) is 4.57 Å². The van der Waals surface area contributed by atoms with Crippen molar-refractivity contribution in [2.75, 3.05) is 0 Å². The van der Waals surface area contributed by atoms with Crippen LogP contribution in [0.25, 0.3) is 10.8 Å². The van der Waals surface area contributed by atoms with Gasteiger partial charge < -0.3 is 4.57 Å². The molecule has 2 nitrogen and oxygen atoms in total. The zero-order valence-electron chi connectivity index (χ0n) is 8.24. The Kier molecular flexibility index (Phi) is 2.16. The Labute approximate surface area is 84.8 Å². The molecule has 1 unspecified atom stereocenters. The number of aryl methyl sites for hydroxylation is 2. The molecule has 0 radical (unpaired) electrons. The highest BCUT2D eigenvalue weighted by molar-refractivity contribution is 7.27. The first-order valence-corrected chi connectivity index (χ1v) is 5.03. The standard InChI is InChI=1S/C11H12NOP/c1-7-5-8-3-4-12(2)11(13)9(8)6-10(7)14/h3-6H,14H2,1-2H3. The molecule has 0 amide bonds. The summed E-state index contributed by atoms with van der Waals surface area (Å²) in [5.74, 6) is 0. The van der Waals surface area contributed by atoms with Crippen LogP contribution in [0.1, 0.15) is 5.56 Å². The molecule has 0 aliphatic rings. The minimum absolute atomic E-state index is 0.0613. The van der Waals surface area contributed by atoms with E-state index in [0.29, 0.717) is 0 Å². The Bertz CT molecular complexity index is 557. The Hall–Kier alpha value is -1.14. The highest BCUT2D eigenvalue weighted by atomic mass is 31.0. The molecule has 0 N–H and O–H groups in total. The molecule has 0 spiro atoms. The minimum Gasteiger partial charge on any atom is -0.318 e. The predicted molar refractivity (Wildman–Crippen MR) is 63.3 cm³/mol. The number of hydrogen-bond donors (Lipinski definition) is 0. The third kappa shape index (κ3) is 1.36. The first kappa shape index (κ1) is 9.42. The van der Waals surface area contributed by atoms with E-state index in [4.69, 9.17) is 0 Å². The molecule has 1 atom stereocenters. The van der Waals surface area contributed by atoms with Gasteiger partial charge in [0.15, 0.2) is 0 Å². The molecule has 1 heterocycles. The van der Waals surface area contributed by atoms with E-state index < -0.39 is 0 Å². The molecular weight excluding hydrogens is 193 g/mol. The summed E-state index contributed by atoms with van der Waals surface area (Å²) in [6.45, 7) is 2.04. The Morgan fingerprint density at radius 2 is 2.07 bits per heavy atom. The van der Waals surface area contributed by atoms with Crippen LogP contribution in [0.3, 0.4) is 0 Å². The van der Waals surface area contributed by atoms with Crippen LogP contribution in [-0.2, 0) is 7.05 Å². The van der Waals surface area contributed by atoms with Crippen molar-refractivity contribution < 1.29 is 0 Å². The van der Waals surface area contributed by atoms with Gasteiger partial charge in [-0.05, 0) is 35.3 Å². The number of nitrogens with zero attached hydrogens (tertiary/aromatic N) is 1. The zero-order valence-corrected chi connectivity index (χ0v) is 9.40. The van der Waals surface area contributed by atoms with Gasteiger partial charge in [-0.3, -0.25) is 4.79 Å². The van der Waals surface area contributed by atoms with E-state index in [1.165, 1.54) is 5.56 Å². The molecule has 14 heavy (non-hydrogen) atoms. The van der Waals surface area contributed by atoms with Gasteiger partial charge in [0.25, 0.3) is 5.56 Å². The molecule has 2 aromatic rings. The first-order chi connectivity index (χ1) is 6.59. The number of fused-ring (bicyclic) bond motifs is 1. The Morgan fingerprint density at radius 3 is 2.79 bits per heavy atom. The largest absolute Gasteiger partial charge is 0.318 e. The van der Waals surface area contributed by atoms with Crippen LogP contribution in [0, 0.1) is 6.92 Å². The number of hydrogen-bond acceptors (Lipinski definition) is 1. The summed E-state index contributed by atoms with van der Waals surface area (Å²) in [5.41, 5.74) is 1.25. The normalized spacial score (nSPS) is 10.8. The maximum absolute atomic E-state index is 11.7. The molecule has 0 fully saturated rings. The maximum atomic E-state index is 11.7. The summed E-state index contributed by atoms with van der Waals surface area (Å²) >= 11 is 0. The lowest BCUT2D eigenvalue weighted by Gasteiger charge is -2.04. The van der Waals surface area contributed by atoms with E-state index in [2.05, 4.69) is 9.24 Å². The van der Waals surface area contributed by atoms with Crippen molar-refractivity contribution >= 4 is 25.3 Å². The second-order valence-corrected chi connectivity index (χ2v) is 4.15. The lowest BCUT2D eigenvalue weighted by Crippen LogP contribution is -2.16. The summed E-state index contributed by atoms with van der Waals surface area (Å²) in [4.78, 5) is 11.7. The van der Waals surface area contributed by atoms with Gasteiger partial charge in [0, 0.05) is 18.6 Å². The van der Waals surface area contributed by atoms with Crippen LogP contribution in [0.2, 0.25) is 0 Å². The van der Waals surface area contributed by atoms with Gasteiger partial charge in [-0.15, -0.1) is 9.24 Å². The van der Waals surface area contributed by atoms with Gasteiger partial charge in [-0.25, -0.2) is 0 Å². The van der Waals surface area contributed by atoms with Crippen molar-refractivity contribution in [3.8, 4) is 0 Å². The number of aromatic nitrogens is 1. The summed E-state index contributed by atoms with van der Waals surface area (Å²) in [5, 5.41) is 2.88. The quantitative estimate of drug-likeness (QED) is 0.595. The average Bonchev–Trinajstić information content (AvgIpc) is 2.15. The third-order valence-electron chi connectivity index (χ3n) is 2.47. The Balaban J connectivity index is 2.97. The molecule has 0 saturated heterocycles. The Morgan fingerprint density at radius 1 is 1.36 bits per heavy atom. The van der Waals surface area contributed by atoms with Gasteiger partial charge in [0.05, 0.1) is 0 Å².